The van der Waals surface area contributed by atoms with Crippen molar-refractivity contribution < 1.29 is 14.7 Å². The zero-order valence-electron chi connectivity index (χ0n) is 13.2. The van der Waals surface area contributed by atoms with Crippen LogP contribution in [0, 0.1) is 0 Å². The van der Waals surface area contributed by atoms with Crippen molar-refractivity contribution >= 4 is 11.8 Å². The molecule has 1 fully saturated rings. The van der Waals surface area contributed by atoms with Crippen LogP contribution < -0.4 is 10.6 Å². The molecule has 1 heterocycles. The van der Waals surface area contributed by atoms with E-state index in [0.717, 1.165) is 5.56 Å². The van der Waals surface area contributed by atoms with E-state index in [1.807, 2.05) is 36.4 Å². The highest BCUT2D eigenvalue weighted by Crippen LogP contribution is 2.25. The molecule has 3 N–H and O–H groups in total. The Labute approximate surface area is 140 Å². The lowest BCUT2D eigenvalue weighted by atomic mass is 9.91. The van der Waals surface area contributed by atoms with Crippen molar-refractivity contribution in [3.63, 3.8) is 0 Å². The molecule has 5 nitrogen and oxygen atoms in total. The molecular weight excluding hydrogens is 304 g/mol. The lowest BCUT2D eigenvalue weighted by molar-refractivity contribution is -0.132. The number of aliphatic hydroxyl groups excluding tert-OH is 1. The summed E-state index contributed by atoms with van der Waals surface area (Å²) >= 11 is 0. The largest absolute Gasteiger partial charge is 0.378 e. The van der Waals surface area contributed by atoms with Gasteiger partial charge in [-0.3, -0.25) is 9.59 Å². The van der Waals surface area contributed by atoms with Gasteiger partial charge in [-0.1, -0.05) is 60.7 Å². The number of aliphatic hydroxyl groups is 1. The first-order chi connectivity index (χ1) is 11.6. The van der Waals surface area contributed by atoms with Gasteiger partial charge in [-0.15, -0.1) is 0 Å². The van der Waals surface area contributed by atoms with Gasteiger partial charge in [0.05, 0.1) is 12.1 Å². The molecule has 3 rings (SSSR count). The highest BCUT2D eigenvalue weighted by Gasteiger charge is 2.32. The Balaban J connectivity index is 1.74. The summed E-state index contributed by atoms with van der Waals surface area (Å²) in [6.45, 7) is 0. The van der Waals surface area contributed by atoms with Gasteiger partial charge in [0.25, 0.3) is 5.91 Å². The quantitative estimate of drug-likeness (QED) is 0.803. The topological polar surface area (TPSA) is 78.4 Å². The molecule has 2 aromatic rings. The summed E-state index contributed by atoms with van der Waals surface area (Å²) in [5, 5.41) is 16.0. The van der Waals surface area contributed by atoms with E-state index in [1.165, 1.54) is 0 Å². The van der Waals surface area contributed by atoms with Crippen molar-refractivity contribution in [1.82, 2.24) is 10.6 Å². The summed E-state index contributed by atoms with van der Waals surface area (Å²) < 4.78 is 0. The lowest BCUT2D eigenvalue weighted by Crippen LogP contribution is -2.51. The molecule has 5 heteroatoms. The fourth-order valence-electron chi connectivity index (χ4n) is 2.98. The van der Waals surface area contributed by atoms with E-state index in [0.29, 0.717) is 18.4 Å². The fourth-order valence-corrected chi connectivity index (χ4v) is 2.98. The first kappa shape index (κ1) is 16.2. The normalized spacial score (nSPS) is 21.6. The maximum absolute atomic E-state index is 12.4. The second-order valence-electron chi connectivity index (χ2n) is 5.92. The predicted octanol–water partition coefficient (Wildman–Crippen LogP) is 1.86. The first-order valence-corrected chi connectivity index (χ1v) is 8.03. The van der Waals surface area contributed by atoms with Crippen molar-refractivity contribution in [1.29, 1.82) is 0 Å². The summed E-state index contributed by atoms with van der Waals surface area (Å²) in [4.78, 5) is 24.2. The Morgan fingerprint density at radius 2 is 1.71 bits per heavy atom. The third-order valence-corrected chi connectivity index (χ3v) is 4.25. The first-order valence-electron chi connectivity index (χ1n) is 8.03. The van der Waals surface area contributed by atoms with E-state index in [1.54, 1.807) is 24.3 Å². The molecule has 124 valence electrons. The van der Waals surface area contributed by atoms with Crippen LogP contribution in [-0.2, 0) is 9.59 Å². The second-order valence-corrected chi connectivity index (χ2v) is 5.92. The number of carbonyl (C=O) groups excluding carboxylic acids is 2. The number of carbonyl (C=O) groups is 2. The van der Waals surface area contributed by atoms with E-state index < -0.39 is 12.0 Å². The molecule has 0 bridgehead atoms. The lowest BCUT2D eigenvalue weighted by Gasteiger charge is -2.33. The Morgan fingerprint density at radius 1 is 1.08 bits per heavy atom. The zero-order chi connectivity index (χ0) is 16.9. The Hall–Kier alpha value is -2.66. The molecule has 0 radical (unpaired) electrons. The Kier molecular flexibility index (Phi) is 4.91. The van der Waals surface area contributed by atoms with E-state index >= 15 is 0 Å². The van der Waals surface area contributed by atoms with Crippen molar-refractivity contribution in [3.05, 3.63) is 71.8 Å². The molecule has 1 aliphatic heterocycles. The van der Waals surface area contributed by atoms with Crippen LogP contribution in [0.5, 0.6) is 0 Å². The number of hydrogen-bond acceptors (Lipinski definition) is 3. The van der Waals surface area contributed by atoms with Crippen molar-refractivity contribution in [3.8, 4) is 0 Å². The van der Waals surface area contributed by atoms with E-state index in [4.69, 9.17) is 0 Å². The average molecular weight is 324 g/mol. The molecular formula is C19H20N2O3. The highest BCUT2D eigenvalue weighted by atomic mass is 16.3. The minimum atomic E-state index is -1.22. The fraction of sp³-hybridized carbons (Fsp3) is 0.263. The smallest absolute Gasteiger partial charge is 0.253 e. The number of piperidine rings is 1. The summed E-state index contributed by atoms with van der Waals surface area (Å²) in [7, 11) is 0. The number of amides is 2. The second kappa shape index (κ2) is 7.27. The molecule has 0 spiro atoms. The Morgan fingerprint density at radius 3 is 2.38 bits per heavy atom. The monoisotopic (exact) mass is 324 g/mol. The minimum Gasteiger partial charge on any atom is -0.378 e. The molecule has 0 aliphatic carbocycles. The van der Waals surface area contributed by atoms with Crippen molar-refractivity contribution in [2.24, 2.45) is 0 Å². The number of nitrogens with one attached hydrogen (secondary N) is 2. The summed E-state index contributed by atoms with van der Waals surface area (Å²) in [5.74, 6) is -0.485. The summed E-state index contributed by atoms with van der Waals surface area (Å²) in [5.41, 5.74) is 1.48. The van der Waals surface area contributed by atoms with Gasteiger partial charge in [-0.25, -0.2) is 0 Å². The standard InChI is InChI=1S/C19H20N2O3/c22-16-12-11-15(17(21-16)13-7-3-1-4-8-13)20-19(24)18(23)14-9-5-2-6-10-14/h1-10,15,17-18,23H,11-12H2,(H,20,24)(H,21,22)/t15-,17+,18-/m1/s1. The predicted molar refractivity (Wildman–Crippen MR) is 89.9 cm³/mol. The molecule has 0 unspecified atom stereocenters. The molecule has 3 atom stereocenters. The zero-order valence-corrected chi connectivity index (χ0v) is 13.2. The van der Waals surface area contributed by atoms with Gasteiger partial charge in [0.2, 0.25) is 5.91 Å². The van der Waals surface area contributed by atoms with E-state index in [-0.39, 0.29) is 18.0 Å². The third-order valence-electron chi connectivity index (χ3n) is 4.25. The molecule has 0 saturated carbocycles. The number of benzene rings is 2. The van der Waals surface area contributed by atoms with Crippen LogP contribution in [0.3, 0.4) is 0 Å². The number of rotatable bonds is 4. The molecule has 2 aromatic carbocycles. The maximum Gasteiger partial charge on any atom is 0.253 e. The Bertz CT molecular complexity index is 703. The van der Waals surface area contributed by atoms with Crippen LogP contribution >= 0.6 is 0 Å². The molecule has 1 saturated heterocycles. The van der Waals surface area contributed by atoms with Crippen molar-refractivity contribution in [2.75, 3.05) is 0 Å². The van der Waals surface area contributed by atoms with Crippen LogP contribution in [0.1, 0.15) is 36.1 Å². The van der Waals surface area contributed by atoms with E-state index in [9.17, 15) is 14.7 Å². The van der Waals surface area contributed by atoms with Gasteiger partial charge in [-0.2, -0.15) is 0 Å². The third kappa shape index (κ3) is 3.63. The van der Waals surface area contributed by atoms with Crippen LogP contribution in [0.25, 0.3) is 0 Å². The van der Waals surface area contributed by atoms with Gasteiger partial charge in [0.15, 0.2) is 6.10 Å². The SMILES string of the molecule is O=C1CC[C@@H](NC(=O)[C@H](O)c2ccccc2)[C@H](c2ccccc2)N1. The van der Waals surface area contributed by atoms with Crippen LogP contribution in [0.15, 0.2) is 60.7 Å². The summed E-state index contributed by atoms with van der Waals surface area (Å²) in [6, 6.07) is 17.8. The van der Waals surface area contributed by atoms with Crippen molar-refractivity contribution in [2.45, 2.75) is 31.0 Å². The van der Waals surface area contributed by atoms with Gasteiger partial charge in [0, 0.05) is 6.42 Å². The van der Waals surface area contributed by atoms with Gasteiger partial charge in [0.1, 0.15) is 0 Å². The highest BCUT2D eigenvalue weighted by molar-refractivity contribution is 5.83. The molecule has 24 heavy (non-hydrogen) atoms. The summed E-state index contributed by atoms with van der Waals surface area (Å²) in [6.07, 6.45) is -0.325. The minimum absolute atomic E-state index is 0.0297. The van der Waals surface area contributed by atoms with E-state index in [2.05, 4.69) is 10.6 Å². The van der Waals surface area contributed by atoms with Crippen LogP contribution in [0.4, 0.5) is 0 Å². The van der Waals surface area contributed by atoms with Gasteiger partial charge < -0.3 is 15.7 Å². The number of hydrogen-bond donors (Lipinski definition) is 3. The average Bonchev–Trinajstić information content (AvgIpc) is 2.64. The van der Waals surface area contributed by atoms with Gasteiger partial charge >= 0.3 is 0 Å². The maximum atomic E-state index is 12.4. The molecule has 2 amide bonds. The van der Waals surface area contributed by atoms with Crippen LogP contribution in [-0.4, -0.2) is 23.0 Å². The molecule has 0 aromatic heterocycles. The van der Waals surface area contributed by atoms with Gasteiger partial charge in [-0.05, 0) is 17.5 Å². The van der Waals surface area contributed by atoms with Crippen LogP contribution in [0.2, 0.25) is 0 Å². The molecule has 1 aliphatic rings.